The Morgan fingerprint density at radius 1 is 0.600 bits per heavy atom. The summed E-state index contributed by atoms with van der Waals surface area (Å²) < 4.78 is 24.8. The fourth-order valence-corrected chi connectivity index (χ4v) is 53.4. The summed E-state index contributed by atoms with van der Waals surface area (Å²) in [5.41, 5.74) is 0. The quantitative estimate of drug-likeness (QED) is 0.503. The summed E-state index contributed by atoms with van der Waals surface area (Å²) >= 11 is -4.81. The van der Waals surface area contributed by atoms with Gasteiger partial charge in [0.15, 0.2) is 0 Å². The Morgan fingerprint density at radius 3 is 1.20 bits per heavy atom. The SMILES string of the molecule is C1[As]2O[As]3C[As](O2)O[As]1O3. The van der Waals surface area contributed by atoms with E-state index in [2.05, 4.69) is 0 Å². The first-order valence-corrected chi connectivity index (χ1v) is 14.2. The second-order valence-corrected chi connectivity index (χ2v) is 23.4. The summed E-state index contributed by atoms with van der Waals surface area (Å²) in [5, 5.41) is 0. The normalized spacial score (nSPS) is 57.6. The van der Waals surface area contributed by atoms with E-state index in [9.17, 15) is 0 Å². The summed E-state index contributed by atoms with van der Waals surface area (Å²) in [5.74, 6) is 0. The van der Waals surface area contributed by atoms with Gasteiger partial charge in [0.25, 0.3) is 0 Å². The molecule has 4 heterocycles. The van der Waals surface area contributed by atoms with Crippen molar-refractivity contribution in [3.8, 4) is 0 Å². The number of hydrogen-bond donors (Lipinski definition) is 0. The molecule has 4 aliphatic heterocycles. The second kappa shape index (κ2) is 2.79. The summed E-state index contributed by atoms with van der Waals surface area (Å²) in [4.78, 5) is 0. The molecular weight excluding hydrogens is 388 g/mol. The Balaban J connectivity index is 1.90. The molecule has 0 saturated carbocycles. The van der Waals surface area contributed by atoms with Gasteiger partial charge in [-0.2, -0.15) is 0 Å². The zero-order chi connectivity index (χ0) is 6.55. The van der Waals surface area contributed by atoms with E-state index in [1.807, 2.05) is 0 Å². The molecule has 0 N–H and O–H groups in total. The summed E-state index contributed by atoms with van der Waals surface area (Å²) in [6, 6.07) is 0. The van der Waals surface area contributed by atoms with Crippen molar-refractivity contribution < 1.29 is 10.9 Å². The Kier molecular flexibility index (Phi) is 2.08. The van der Waals surface area contributed by atoms with Gasteiger partial charge in [0.2, 0.25) is 0 Å². The first-order chi connectivity index (χ1) is 4.90. The van der Waals surface area contributed by atoms with E-state index in [1.165, 1.54) is 0 Å². The van der Waals surface area contributed by atoms with E-state index in [-0.39, 0.29) is 0 Å². The van der Waals surface area contributed by atoms with Crippen LogP contribution in [0.5, 0.6) is 0 Å². The van der Waals surface area contributed by atoms with E-state index in [1.54, 1.807) is 0 Å². The fraction of sp³-hybridized carbons (Fsp3) is 1.00. The molecule has 4 rings (SSSR count). The molecule has 0 aliphatic carbocycles. The Morgan fingerprint density at radius 2 is 0.900 bits per heavy atom. The average molecular weight is 392 g/mol. The molecule has 0 amide bonds. The van der Waals surface area contributed by atoms with Crippen LogP contribution in [0.15, 0.2) is 0 Å². The van der Waals surface area contributed by atoms with Gasteiger partial charge in [0, 0.05) is 0 Å². The molecule has 0 aromatic rings. The third kappa shape index (κ3) is 1.22. The summed E-state index contributed by atoms with van der Waals surface area (Å²) in [6.45, 7) is 0. The van der Waals surface area contributed by atoms with Gasteiger partial charge in [0.05, 0.1) is 0 Å². The summed E-state index contributed by atoms with van der Waals surface area (Å²) in [6.07, 6.45) is 0. The van der Waals surface area contributed by atoms with Crippen molar-refractivity contribution in [2.24, 2.45) is 0 Å². The van der Waals surface area contributed by atoms with Crippen molar-refractivity contribution in [2.45, 2.75) is 7.99 Å². The van der Waals surface area contributed by atoms with Gasteiger partial charge in [-0.3, -0.25) is 0 Å². The Hall–Kier alpha value is 2.07. The van der Waals surface area contributed by atoms with E-state index in [0.717, 1.165) is 7.99 Å². The second-order valence-electron chi connectivity index (χ2n) is 1.94. The monoisotopic (exact) mass is 392 g/mol. The van der Waals surface area contributed by atoms with Crippen LogP contribution < -0.4 is 0 Å². The number of hydrogen-bond acceptors (Lipinski definition) is 4. The van der Waals surface area contributed by atoms with Crippen molar-refractivity contribution in [1.29, 1.82) is 0 Å². The maximum absolute atomic E-state index is 5.66. The Bertz CT molecular complexity index is 107. The molecule has 4 fully saturated rings. The predicted molar refractivity (Wildman–Crippen MR) is 37.0 cm³/mol. The zero-order valence-electron chi connectivity index (χ0n) is 4.84. The van der Waals surface area contributed by atoms with Gasteiger partial charge in [0.1, 0.15) is 0 Å². The van der Waals surface area contributed by atoms with Crippen LogP contribution in [0.25, 0.3) is 0 Å². The van der Waals surface area contributed by atoms with Gasteiger partial charge in [-0.15, -0.1) is 0 Å². The molecule has 0 unspecified atom stereocenters. The average Bonchev–Trinajstić information content (AvgIpc) is 1.82. The molecule has 56 valence electrons. The molecule has 0 aromatic carbocycles. The first-order valence-electron chi connectivity index (χ1n) is 2.73. The van der Waals surface area contributed by atoms with Crippen molar-refractivity contribution in [2.75, 3.05) is 0 Å². The molecule has 4 saturated heterocycles. The molecule has 0 spiro atoms. The van der Waals surface area contributed by atoms with Crippen LogP contribution in [0.2, 0.25) is 7.99 Å². The molecule has 4 aliphatic rings. The van der Waals surface area contributed by atoms with E-state index in [0.29, 0.717) is 0 Å². The molecule has 0 radical (unpaired) electrons. The van der Waals surface area contributed by atoms with Gasteiger partial charge in [-0.1, -0.05) is 0 Å². The molecule has 4 nitrogen and oxygen atoms in total. The van der Waals surface area contributed by atoms with Crippen molar-refractivity contribution in [3.63, 3.8) is 0 Å². The van der Waals surface area contributed by atoms with Crippen molar-refractivity contribution >= 4 is 61.3 Å². The molecule has 0 aromatic heterocycles. The van der Waals surface area contributed by atoms with Crippen LogP contribution >= 0.6 is 0 Å². The van der Waals surface area contributed by atoms with Crippen LogP contribution in [0.1, 0.15) is 0 Å². The topological polar surface area (TPSA) is 36.9 Å². The minimum absolute atomic E-state index is 1.08. The third-order valence-electron chi connectivity index (χ3n) is 1.19. The summed E-state index contributed by atoms with van der Waals surface area (Å²) in [7, 11) is 0. The predicted octanol–water partition coefficient (Wildman–Crippen LogP) is -0.875. The first kappa shape index (κ1) is 7.48. The van der Waals surface area contributed by atoms with E-state index < -0.39 is 61.3 Å². The molecule has 8 heteroatoms. The van der Waals surface area contributed by atoms with E-state index >= 15 is 0 Å². The molecule has 10 heavy (non-hydrogen) atoms. The third-order valence-corrected chi connectivity index (χ3v) is 32.1. The van der Waals surface area contributed by atoms with Crippen LogP contribution in [0.4, 0.5) is 0 Å². The van der Waals surface area contributed by atoms with Gasteiger partial charge >= 0.3 is 80.2 Å². The molecule has 0 atom stereocenters. The van der Waals surface area contributed by atoms with Gasteiger partial charge in [-0.25, -0.2) is 0 Å². The maximum atomic E-state index is 5.66. The van der Waals surface area contributed by atoms with E-state index in [4.69, 9.17) is 10.9 Å². The fourth-order valence-electron chi connectivity index (χ4n) is 0.861. The van der Waals surface area contributed by atoms with Crippen molar-refractivity contribution in [1.82, 2.24) is 0 Å². The molecular formula is C2H4As4O4. The zero-order valence-corrected chi connectivity index (χ0v) is 12.3. The van der Waals surface area contributed by atoms with Crippen LogP contribution in [-0.2, 0) is 10.9 Å². The molecule has 4 bridgehead atoms. The van der Waals surface area contributed by atoms with Crippen LogP contribution in [0.3, 0.4) is 0 Å². The van der Waals surface area contributed by atoms with Crippen LogP contribution in [0, 0.1) is 0 Å². The minimum atomic E-state index is -1.20. The van der Waals surface area contributed by atoms with Gasteiger partial charge in [-0.05, 0) is 0 Å². The Labute approximate surface area is 79.4 Å². The van der Waals surface area contributed by atoms with Crippen molar-refractivity contribution in [3.05, 3.63) is 0 Å². The van der Waals surface area contributed by atoms with Gasteiger partial charge < -0.3 is 0 Å². The van der Waals surface area contributed by atoms with Crippen LogP contribution in [-0.4, -0.2) is 61.3 Å². The number of rotatable bonds is 0. The standard InChI is InChI=1S/C2H4As4O4/c1-3-7-5-2-6(8-3)10-4(1)9-5/h1-2H2.